The van der Waals surface area contributed by atoms with Crippen molar-refractivity contribution in [1.29, 1.82) is 0 Å². The van der Waals surface area contributed by atoms with Crippen molar-refractivity contribution in [3.63, 3.8) is 0 Å². The number of hydrogen-bond donors (Lipinski definition) is 1. The van der Waals surface area contributed by atoms with Gasteiger partial charge in [-0.3, -0.25) is 14.5 Å². The van der Waals surface area contributed by atoms with Crippen molar-refractivity contribution in [3.8, 4) is 11.5 Å². The molecule has 1 N–H and O–H groups in total. The van der Waals surface area contributed by atoms with Crippen LogP contribution in [0.4, 0.5) is 4.39 Å². The van der Waals surface area contributed by atoms with E-state index in [0.717, 1.165) is 0 Å². The maximum atomic E-state index is 13.9. The van der Waals surface area contributed by atoms with Gasteiger partial charge in [-0.05, 0) is 74.8 Å². The summed E-state index contributed by atoms with van der Waals surface area (Å²) in [5.41, 5.74) is 1.30. The summed E-state index contributed by atoms with van der Waals surface area (Å²) >= 11 is 0. The number of carbonyl (C=O) groups is 2. The first kappa shape index (κ1) is 22.7. The highest BCUT2D eigenvalue weighted by Crippen LogP contribution is 2.25. The SMILES string of the molecule is COc1ccc(CN(C)C(=O)C(C)N2CCC(C(=O)c3ccc(O)cc3)CC2)cc1F. The Morgan fingerprint density at radius 2 is 1.84 bits per heavy atom. The predicted octanol–water partition coefficient (Wildman–Crippen LogP) is 3.48. The molecule has 1 amide bonds. The first-order chi connectivity index (χ1) is 14.8. The number of rotatable bonds is 7. The molecule has 0 aromatic heterocycles. The fraction of sp³-hybridized carbons (Fsp3) is 0.417. The van der Waals surface area contributed by atoms with Crippen LogP contribution >= 0.6 is 0 Å². The van der Waals surface area contributed by atoms with Gasteiger partial charge in [0.25, 0.3) is 0 Å². The Balaban J connectivity index is 1.54. The minimum atomic E-state index is -0.450. The number of likely N-dealkylation sites (tertiary alicyclic amines) is 1. The van der Waals surface area contributed by atoms with Gasteiger partial charge in [0.15, 0.2) is 17.3 Å². The number of phenolic OH excluding ortho intramolecular Hbond substituents is 1. The van der Waals surface area contributed by atoms with Gasteiger partial charge in [0.05, 0.1) is 13.2 Å². The second kappa shape index (κ2) is 9.92. The maximum Gasteiger partial charge on any atom is 0.239 e. The van der Waals surface area contributed by atoms with Gasteiger partial charge in [-0.1, -0.05) is 6.07 Å². The molecular weight excluding hydrogens is 399 g/mol. The van der Waals surface area contributed by atoms with E-state index in [1.54, 1.807) is 36.2 Å². The second-order valence-electron chi connectivity index (χ2n) is 8.06. The number of halogens is 1. The average molecular weight is 429 g/mol. The number of aromatic hydroxyl groups is 1. The van der Waals surface area contributed by atoms with Crippen LogP contribution in [0.5, 0.6) is 11.5 Å². The summed E-state index contributed by atoms with van der Waals surface area (Å²) < 4.78 is 18.9. The fourth-order valence-electron chi connectivity index (χ4n) is 4.05. The van der Waals surface area contributed by atoms with Crippen LogP contribution in [0.25, 0.3) is 0 Å². The summed E-state index contributed by atoms with van der Waals surface area (Å²) in [5.74, 6) is -0.176. The number of methoxy groups -OCH3 is 1. The molecule has 1 aliphatic heterocycles. The van der Waals surface area contributed by atoms with Crippen LogP contribution in [-0.4, -0.2) is 59.9 Å². The lowest BCUT2D eigenvalue weighted by Gasteiger charge is -2.36. The quantitative estimate of drug-likeness (QED) is 0.684. The first-order valence-corrected chi connectivity index (χ1v) is 10.4. The number of Topliss-reactive ketones (excluding diaryl/α,β-unsaturated/α-hetero) is 1. The fourth-order valence-corrected chi connectivity index (χ4v) is 4.05. The van der Waals surface area contributed by atoms with Crippen LogP contribution in [0.2, 0.25) is 0 Å². The molecule has 1 unspecified atom stereocenters. The molecule has 0 bridgehead atoms. The zero-order chi connectivity index (χ0) is 22.5. The Hall–Kier alpha value is -2.93. The maximum absolute atomic E-state index is 13.9. The molecule has 1 heterocycles. The van der Waals surface area contributed by atoms with Crippen LogP contribution in [0, 0.1) is 11.7 Å². The molecule has 1 aliphatic rings. The van der Waals surface area contributed by atoms with E-state index in [-0.39, 0.29) is 35.1 Å². The number of benzene rings is 2. The topological polar surface area (TPSA) is 70.1 Å². The Kier molecular flexibility index (Phi) is 7.28. The number of ether oxygens (including phenoxy) is 1. The van der Waals surface area contributed by atoms with E-state index >= 15 is 0 Å². The lowest BCUT2D eigenvalue weighted by Crippen LogP contribution is -2.49. The molecule has 1 saturated heterocycles. The van der Waals surface area contributed by atoms with E-state index in [1.807, 2.05) is 6.92 Å². The van der Waals surface area contributed by atoms with Crippen LogP contribution < -0.4 is 4.74 Å². The third kappa shape index (κ3) is 5.41. The van der Waals surface area contributed by atoms with Crippen molar-refractivity contribution < 1.29 is 23.8 Å². The minimum Gasteiger partial charge on any atom is -0.508 e. The highest BCUT2D eigenvalue weighted by molar-refractivity contribution is 5.98. The van der Waals surface area contributed by atoms with Crippen LogP contribution in [-0.2, 0) is 11.3 Å². The van der Waals surface area contributed by atoms with E-state index in [2.05, 4.69) is 4.90 Å². The van der Waals surface area contributed by atoms with E-state index in [4.69, 9.17) is 4.74 Å². The van der Waals surface area contributed by atoms with E-state index < -0.39 is 5.82 Å². The minimum absolute atomic E-state index is 0.0421. The number of ketones is 1. The summed E-state index contributed by atoms with van der Waals surface area (Å²) in [7, 11) is 3.12. The number of phenols is 1. The average Bonchev–Trinajstić information content (AvgIpc) is 2.78. The van der Waals surface area contributed by atoms with Crippen LogP contribution in [0.3, 0.4) is 0 Å². The highest BCUT2D eigenvalue weighted by atomic mass is 19.1. The molecule has 1 fully saturated rings. The Morgan fingerprint density at radius 3 is 2.42 bits per heavy atom. The van der Waals surface area contributed by atoms with Crippen molar-refractivity contribution in [1.82, 2.24) is 9.80 Å². The molecule has 2 aromatic carbocycles. The monoisotopic (exact) mass is 428 g/mol. The highest BCUT2D eigenvalue weighted by Gasteiger charge is 2.31. The zero-order valence-electron chi connectivity index (χ0n) is 18.2. The van der Waals surface area contributed by atoms with Gasteiger partial charge >= 0.3 is 0 Å². The third-order valence-corrected chi connectivity index (χ3v) is 5.97. The van der Waals surface area contributed by atoms with Crippen molar-refractivity contribution in [2.75, 3.05) is 27.2 Å². The van der Waals surface area contributed by atoms with Crippen molar-refractivity contribution in [3.05, 3.63) is 59.4 Å². The molecule has 166 valence electrons. The van der Waals surface area contributed by atoms with Gasteiger partial charge in [0, 0.05) is 25.1 Å². The second-order valence-corrected chi connectivity index (χ2v) is 8.06. The molecule has 7 heteroatoms. The molecule has 1 atom stereocenters. The number of carbonyl (C=O) groups excluding carboxylic acids is 2. The predicted molar refractivity (Wildman–Crippen MR) is 116 cm³/mol. The third-order valence-electron chi connectivity index (χ3n) is 5.97. The van der Waals surface area contributed by atoms with Gasteiger partial charge in [-0.15, -0.1) is 0 Å². The lowest BCUT2D eigenvalue weighted by atomic mass is 9.88. The van der Waals surface area contributed by atoms with Crippen LogP contribution in [0.15, 0.2) is 42.5 Å². The van der Waals surface area contributed by atoms with E-state index in [9.17, 15) is 19.1 Å². The lowest BCUT2D eigenvalue weighted by molar-refractivity contribution is -0.136. The number of likely N-dealkylation sites (N-methyl/N-ethyl adjacent to an activating group) is 1. The van der Waals surface area contributed by atoms with E-state index in [1.165, 1.54) is 25.3 Å². The molecule has 2 aromatic rings. The number of amides is 1. The summed E-state index contributed by atoms with van der Waals surface area (Å²) in [6, 6.07) is 10.7. The summed E-state index contributed by atoms with van der Waals surface area (Å²) in [5, 5.41) is 9.39. The standard InChI is InChI=1S/C24H29FN2O4/c1-16(24(30)26(2)15-17-4-9-22(31-3)21(25)14-17)27-12-10-19(11-13-27)23(29)18-5-7-20(28)8-6-18/h4-9,14,16,19,28H,10-13,15H2,1-3H3. The van der Waals surface area contributed by atoms with Crippen molar-refractivity contribution >= 4 is 11.7 Å². The van der Waals surface area contributed by atoms with Gasteiger partial charge in [-0.2, -0.15) is 0 Å². The van der Waals surface area contributed by atoms with Crippen molar-refractivity contribution in [2.45, 2.75) is 32.4 Å². The Bertz CT molecular complexity index is 924. The smallest absolute Gasteiger partial charge is 0.239 e. The molecule has 0 saturated carbocycles. The molecular formula is C24H29FN2O4. The summed E-state index contributed by atoms with van der Waals surface area (Å²) in [4.78, 5) is 29.3. The first-order valence-electron chi connectivity index (χ1n) is 10.4. The molecule has 0 spiro atoms. The normalized spacial score (nSPS) is 16.0. The molecule has 6 nitrogen and oxygen atoms in total. The molecule has 0 radical (unpaired) electrons. The summed E-state index contributed by atoms with van der Waals surface area (Å²) in [6.07, 6.45) is 1.37. The van der Waals surface area contributed by atoms with Crippen molar-refractivity contribution in [2.24, 2.45) is 5.92 Å². The number of nitrogens with zero attached hydrogens (tertiary/aromatic N) is 2. The number of hydrogen-bond acceptors (Lipinski definition) is 5. The molecule has 31 heavy (non-hydrogen) atoms. The van der Waals surface area contributed by atoms with Gasteiger partial charge < -0.3 is 14.7 Å². The van der Waals surface area contributed by atoms with Gasteiger partial charge in [0.1, 0.15) is 5.75 Å². The molecule has 3 rings (SSSR count). The largest absolute Gasteiger partial charge is 0.508 e. The van der Waals surface area contributed by atoms with E-state index in [0.29, 0.717) is 43.6 Å². The Morgan fingerprint density at radius 1 is 1.19 bits per heavy atom. The number of piperidine rings is 1. The van der Waals surface area contributed by atoms with Gasteiger partial charge in [-0.25, -0.2) is 4.39 Å². The molecule has 0 aliphatic carbocycles. The zero-order valence-corrected chi connectivity index (χ0v) is 18.2. The summed E-state index contributed by atoms with van der Waals surface area (Å²) in [6.45, 7) is 3.49. The Labute approximate surface area is 182 Å². The van der Waals surface area contributed by atoms with Crippen LogP contribution in [0.1, 0.15) is 35.7 Å². The van der Waals surface area contributed by atoms with Gasteiger partial charge in [0.2, 0.25) is 5.91 Å².